The molecule has 0 bridgehead atoms. The van der Waals surface area contributed by atoms with Crippen molar-refractivity contribution < 1.29 is 0 Å². The van der Waals surface area contributed by atoms with Gasteiger partial charge in [0.15, 0.2) is 0 Å². The lowest BCUT2D eigenvalue weighted by atomic mass is 10.1. The van der Waals surface area contributed by atoms with Crippen LogP contribution in [0.15, 0.2) is 23.7 Å². The third-order valence-corrected chi connectivity index (χ3v) is 3.61. The minimum atomic E-state index is 0.473. The Kier molecular flexibility index (Phi) is 3.05. The number of rotatable bonds is 2. The van der Waals surface area contributed by atoms with Crippen LogP contribution in [0, 0.1) is 6.92 Å². The predicted molar refractivity (Wildman–Crippen MR) is 65.2 cm³/mol. The molecule has 0 unspecified atom stereocenters. The molecule has 2 aromatic rings. The maximum absolute atomic E-state index is 6.10. The largest absolute Gasteiger partial charge is 0.326 e. The first-order valence-corrected chi connectivity index (χ1v) is 5.87. The van der Waals surface area contributed by atoms with Gasteiger partial charge in [-0.05, 0) is 24.1 Å². The quantitative estimate of drug-likeness (QED) is 0.873. The highest BCUT2D eigenvalue weighted by Gasteiger charge is 2.06. The van der Waals surface area contributed by atoms with E-state index in [-0.39, 0.29) is 0 Å². The highest BCUT2D eigenvalue weighted by Crippen LogP contribution is 2.30. The van der Waals surface area contributed by atoms with Crippen molar-refractivity contribution in [2.24, 2.45) is 5.73 Å². The average molecular weight is 239 g/mol. The summed E-state index contributed by atoms with van der Waals surface area (Å²) in [5, 5.41) is 0.725. The first-order valence-electron chi connectivity index (χ1n) is 4.61. The van der Waals surface area contributed by atoms with Crippen molar-refractivity contribution in [2.45, 2.75) is 13.5 Å². The van der Waals surface area contributed by atoms with Crippen molar-refractivity contribution in [2.75, 3.05) is 0 Å². The van der Waals surface area contributed by atoms with Gasteiger partial charge in [-0.25, -0.2) is 4.98 Å². The highest BCUT2D eigenvalue weighted by molar-refractivity contribution is 7.13. The van der Waals surface area contributed by atoms with Gasteiger partial charge in [0.2, 0.25) is 0 Å². The van der Waals surface area contributed by atoms with Crippen LogP contribution in [0.5, 0.6) is 0 Å². The predicted octanol–water partition coefficient (Wildman–Crippen LogP) is 3.23. The Morgan fingerprint density at radius 1 is 1.47 bits per heavy atom. The number of thiazole rings is 1. The SMILES string of the molecule is Cc1ncsc1-c1ccc(CN)c(Cl)c1. The fourth-order valence-corrected chi connectivity index (χ4v) is 2.49. The number of aromatic nitrogens is 1. The molecular weight excluding hydrogens is 228 g/mol. The maximum atomic E-state index is 6.10. The highest BCUT2D eigenvalue weighted by atomic mass is 35.5. The Morgan fingerprint density at radius 3 is 2.80 bits per heavy atom. The second kappa shape index (κ2) is 4.31. The van der Waals surface area contributed by atoms with E-state index in [2.05, 4.69) is 4.98 Å². The van der Waals surface area contributed by atoms with Crippen LogP contribution in [-0.4, -0.2) is 4.98 Å². The number of hydrogen-bond donors (Lipinski definition) is 1. The summed E-state index contributed by atoms with van der Waals surface area (Å²) in [7, 11) is 0. The molecule has 0 saturated heterocycles. The average Bonchev–Trinajstić information content (AvgIpc) is 2.64. The zero-order valence-electron chi connectivity index (χ0n) is 8.33. The van der Waals surface area contributed by atoms with Gasteiger partial charge < -0.3 is 5.73 Å². The van der Waals surface area contributed by atoms with Crippen molar-refractivity contribution in [3.63, 3.8) is 0 Å². The third-order valence-electron chi connectivity index (χ3n) is 2.28. The van der Waals surface area contributed by atoms with Crippen LogP contribution >= 0.6 is 22.9 Å². The third kappa shape index (κ3) is 2.04. The molecular formula is C11H11ClN2S. The lowest BCUT2D eigenvalue weighted by molar-refractivity contribution is 1.07. The van der Waals surface area contributed by atoms with Crippen molar-refractivity contribution in [1.29, 1.82) is 0 Å². The smallest absolute Gasteiger partial charge is 0.0801 e. The standard InChI is InChI=1S/C11H11ClN2S/c1-7-11(15-6-14-7)8-2-3-9(5-13)10(12)4-8/h2-4,6H,5,13H2,1H3. The summed E-state index contributed by atoms with van der Waals surface area (Å²) in [4.78, 5) is 5.38. The molecule has 0 fully saturated rings. The van der Waals surface area contributed by atoms with E-state index in [1.807, 2.05) is 30.6 Å². The molecule has 78 valence electrons. The van der Waals surface area contributed by atoms with E-state index < -0.39 is 0 Å². The zero-order valence-corrected chi connectivity index (χ0v) is 9.90. The van der Waals surface area contributed by atoms with Gasteiger partial charge >= 0.3 is 0 Å². The molecule has 0 radical (unpaired) electrons. The first kappa shape index (κ1) is 10.6. The molecule has 4 heteroatoms. The normalized spacial score (nSPS) is 10.6. The van der Waals surface area contributed by atoms with Gasteiger partial charge in [0, 0.05) is 11.6 Å². The second-order valence-corrected chi connectivity index (χ2v) is 4.54. The van der Waals surface area contributed by atoms with E-state index >= 15 is 0 Å². The summed E-state index contributed by atoms with van der Waals surface area (Å²) in [6.45, 7) is 2.47. The number of halogens is 1. The van der Waals surface area contributed by atoms with Crippen molar-refractivity contribution >= 4 is 22.9 Å². The Balaban J connectivity index is 2.47. The molecule has 0 aliphatic rings. The lowest BCUT2D eigenvalue weighted by Gasteiger charge is -2.04. The van der Waals surface area contributed by atoms with Gasteiger partial charge in [-0.3, -0.25) is 0 Å². The fourth-order valence-electron chi connectivity index (χ4n) is 1.43. The van der Waals surface area contributed by atoms with Gasteiger partial charge in [0.1, 0.15) is 0 Å². The van der Waals surface area contributed by atoms with Crippen LogP contribution in [0.25, 0.3) is 10.4 Å². The van der Waals surface area contributed by atoms with Gasteiger partial charge in [-0.1, -0.05) is 23.7 Å². The second-order valence-electron chi connectivity index (χ2n) is 3.28. The summed E-state index contributed by atoms with van der Waals surface area (Å²) >= 11 is 7.73. The summed E-state index contributed by atoms with van der Waals surface area (Å²) in [6, 6.07) is 5.95. The van der Waals surface area contributed by atoms with E-state index in [1.54, 1.807) is 11.3 Å². The van der Waals surface area contributed by atoms with Crippen molar-refractivity contribution in [1.82, 2.24) is 4.98 Å². The van der Waals surface area contributed by atoms with Gasteiger partial charge in [0.25, 0.3) is 0 Å². The maximum Gasteiger partial charge on any atom is 0.0801 e. The van der Waals surface area contributed by atoms with Gasteiger partial charge in [-0.2, -0.15) is 0 Å². The van der Waals surface area contributed by atoms with Gasteiger partial charge in [0.05, 0.1) is 16.1 Å². The van der Waals surface area contributed by atoms with Crippen LogP contribution in [0.3, 0.4) is 0 Å². The Morgan fingerprint density at radius 2 is 2.27 bits per heavy atom. The van der Waals surface area contributed by atoms with Crippen molar-refractivity contribution in [3.8, 4) is 10.4 Å². The van der Waals surface area contributed by atoms with Crippen LogP contribution in [-0.2, 0) is 6.54 Å². The van der Waals surface area contributed by atoms with E-state index in [1.165, 1.54) is 4.88 Å². The molecule has 0 atom stereocenters. The molecule has 0 saturated carbocycles. The molecule has 0 spiro atoms. The molecule has 0 aliphatic carbocycles. The summed E-state index contributed by atoms with van der Waals surface area (Å²) in [5.74, 6) is 0. The Labute approximate surface area is 97.7 Å². The van der Waals surface area contributed by atoms with E-state index in [9.17, 15) is 0 Å². The summed E-state index contributed by atoms with van der Waals surface area (Å²) < 4.78 is 0. The van der Waals surface area contributed by atoms with Crippen LogP contribution in [0.4, 0.5) is 0 Å². The zero-order chi connectivity index (χ0) is 10.8. The van der Waals surface area contributed by atoms with E-state index in [4.69, 9.17) is 17.3 Å². The molecule has 0 amide bonds. The molecule has 15 heavy (non-hydrogen) atoms. The van der Waals surface area contributed by atoms with Crippen LogP contribution in [0.1, 0.15) is 11.3 Å². The molecule has 2 nitrogen and oxygen atoms in total. The molecule has 0 aliphatic heterocycles. The van der Waals surface area contributed by atoms with Crippen LogP contribution < -0.4 is 5.73 Å². The van der Waals surface area contributed by atoms with E-state index in [0.717, 1.165) is 21.8 Å². The molecule has 2 N–H and O–H groups in total. The number of hydrogen-bond acceptors (Lipinski definition) is 3. The summed E-state index contributed by atoms with van der Waals surface area (Å²) in [5.41, 5.74) is 10.5. The number of nitrogens with zero attached hydrogens (tertiary/aromatic N) is 1. The van der Waals surface area contributed by atoms with Gasteiger partial charge in [-0.15, -0.1) is 11.3 Å². The number of benzene rings is 1. The molecule has 1 heterocycles. The minimum absolute atomic E-state index is 0.473. The Hall–Kier alpha value is -0.900. The summed E-state index contributed by atoms with van der Waals surface area (Å²) in [6.07, 6.45) is 0. The fraction of sp³-hybridized carbons (Fsp3) is 0.182. The molecule has 1 aromatic heterocycles. The first-order chi connectivity index (χ1) is 7.22. The number of aryl methyl sites for hydroxylation is 1. The molecule has 1 aromatic carbocycles. The topological polar surface area (TPSA) is 38.9 Å². The number of nitrogens with two attached hydrogens (primary N) is 1. The molecule has 2 rings (SSSR count). The van der Waals surface area contributed by atoms with E-state index in [0.29, 0.717) is 6.54 Å². The minimum Gasteiger partial charge on any atom is -0.326 e. The Bertz CT molecular complexity index is 479. The monoisotopic (exact) mass is 238 g/mol. The lowest BCUT2D eigenvalue weighted by Crippen LogP contribution is -1.96. The van der Waals surface area contributed by atoms with Crippen molar-refractivity contribution in [3.05, 3.63) is 40.0 Å². The van der Waals surface area contributed by atoms with Crippen LogP contribution in [0.2, 0.25) is 5.02 Å².